The van der Waals surface area contributed by atoms with E-state index < -0.39 is 11.9 Å². The van der Waals surface area contributed by atoms with Gasteiger partial charge in [-0.1, -0.05) is 25.0 Å². The molecule has 1 N–H and O–H groups in total. The van der Waals surface area contributed by atoms with Crippen molar-refractivity contribution in [3.63, 3.8) is 0 Å². The predicted octanol–water partition coefficient (Wildman–Crippen LogP) is 3.26. The second kappa shape index (κ2) is 6.36. The number of carbonyl (C=O) groups excluding carboxylic acids is 1. The smallest absolute Gasteiger partial charge is 0.339 e. The summed E-state index contributed by atoms with van der Waals surface area (Å²) in [7, 11) is 0. The lowest BCUT2D eigenvalue weighted by atomic mass is 10.1. The van der Waals surface area contributed by atoms with Gasteiger partial charge in [-0.3, -0.25) is 0 Å². The average molecular weight is 262 g/mol. The van der Waals surface area contributed by atoms with Gasteiger partial charge < -0.3 is 9.84 Å². The second-order valence-electron chi connectivity index (χ2n) is 4.87. The van der Waals surface area contributed by atoms with E-state index in [0.717, 1.165) is 25.7 Å². The van der Waals surface area contributed by atoms with E-state index in [1.165, 1.54) is 25.0 Å². The highest BCUT2D eigenvalue weighted by atomic mass is 16.5. The third kappa shape index (κ3) is 3.56. The highest BCUT2D eigenvalue weighted by molar-refractivity contribution is 6.02. The normalized spacial score (nSPS) is 16.6. The number of hydrogen-bond acceptors (Lipinski definition) is 3. The molecule has 0 aliphatic heterocycles. The minimum Gasteiger partial charge on any atom is -0.478 e. The topological polar surface area (TPSA) is 63.6 Å². The van der Waals surface area contributed by atoms with Crippen LogP contribution >= 0.6 is 0 Å². The largest absolute Gasteiger partial charge is 0.478 e. The first kappa shape index (κ1) is 13.6. The number of ether oxygens (including phenoxy) is 1. The van der Waals surface area contributed by atoms with Gasteiger partial charge in [0.1, 0.15) is 6.10 Å². The Morgan fingerprint density at radius 2 is 1.58 bits per heavy atom. The van der Waals surface area contributed by atoms with Crippen molar-refractivity contribution in [1.29, 1.82) is 0 Å². The monoisotopic (exact) mass is 262 g/mol. The van der Waals surface area contributed by atoms with Crippen LogP contribution in [0, 0.1) is 0 Å². The average Bonchev–Trinajstić information content (AvgIpc) is 2.67. The first-order valence-corrected chi connectivity index (χ1v) is 6.72. The molecule has 102 valence electrons. The zero-order valence-electron chi connectivity index (χ0n) is 10.8. The fraction of sp³-hybridized carbons (Fsp3) is 0.467. The van der Waals surface area contributed by atoms with Crippen LogP contribution in [0.4, 0.5) is 0 Å². The summed E-state index contributed by atoms with van der Waals surface area (Å²) in [6.45, 7) is 0. The molecular weight excluding hydrogens is 244 g/mol. The predicted molar refractivity (Wildman–Crippen MR) is 70.3 cm³/mol. The molecule has 0 amide bonds. The van der Waals surface area contributed by atoms with E-state index >= 15 is 0 Å². The van der Waals surface area contributed by atoms with Crippen molar-refractivity contribution in [1.82, 2.24) is 0 Å². The van der Waals surface area contributed by atoms with Gasteiger partial charge in [0.05, 0.1) is 11.1 Å². The van der Waals surface area contributed by atoms with E-state index in [9.17, 15) is 9.59 Å². The lowest BCUT2D eigenvalue weighted by Gasteiger charge is -2.16. The zero-order chi connectivity index (χ0) is 13.7. The van der Waals surface area contributed by atoms with Crippen molar-refractivity contribution in [2.45, 2.75) is 44.6 Å². The molecule has 0 unspecified atom stereocenters. The molecule has 0 radical (unpaired) electrons. The Labute approximate surface area is 112 Å². The lowest BCUT2D eigenvalue weighted by molar-refractivity contribution is 0.0262. The molecule has 1 aromatic carbocycles. The van der Waals surface area contributed by atoms with Gasteiger partial charge >= 0.3 is 11.9 Å². The van der Waals surface area contributed by atoms with Crippen LogP contribution in [-0.2, 0) is 4.74 Å². The first-order valence-electron chi connectivity index (χ1n) is 6.72. The van der Waals surface area contributed by atoms with Crippen molar-refractivity contribution in [3.8, 4) is 0 Å². The number of carbonyl (C=O) groups is 2. The van der Waals surface area contributed by atoms with Crippen LogP contribution in [0.1, 0.15) is 59.2 Å². The molecule has 0 spiro atoms. The van der Waals surface area contributed by atoms with E-state index in [4.69, 9.17) is 9.84 Å². The van der Waals surface area contributed by atoms with E-state index in [-0.39, 0.29) is 17.2 Å². The summed E-state index contributed by atoms with van der Waals surface area (Å²) >= 11 is 0. The van der Waals surface area contributed by atoms with Crippen LogP contribution in [0.25, 0.3) is 0 Å². The molecule has 0 atom stereocenters. The standard InChI is InChI=1S/C15H18O4/c16-14(17)12-9-5-6-10-13(12)15(18)19-11-7-3-1-2-4-8-11/h5-6,9-11H,1-4,7-8H2,(H,16,17). The van der Waals surface area contributed by atoms with Crippen molar-refractivity contribution < 1.29 is 19.4 Å². The molecule has 1 fully saturated rings. The van der Waals surface area contributed by atoms with Crippen molar-refractivity contribution in [2.75, 3.05) is 0 Å². The third-order valence-electron chi connectivity index (χ3n) is 3.45. The number of aromatic carboxylic acids is 1. The number of carboxylic acid groups (broad SMARTS) is 1. The molecule has 0 heterocycles. The van der Waals surface area contributed by atoms with Gasteiger partial charge in [-0.05, 0) is 37.8 Å². The summed E-state index contributed by atoms with van der Waals surface area (Å²) in [5, 5.41) is 9.06. The van der Waals surface area contributed by atoms with Gasteiger partial charge in [0.25, 0.3) is 0 Å². The fourth-order valence-corrected chi connectivity index (χ4v) is 2.42. The first-order chi connectivity index (χ1) is 9.18. The molecule has 0 bridgehead atoms. The van der Waals surface area contributed by atoms with Gasteiger partial charge in [0.15, 0.2) is 0 Å². The Hall–Kier alpha value is -1.84. The number of carboxylic acids is 1. The molecule has 1 aliphatic carbocycles. The maximum absolute atomic E-state index is 12.1. The molecule has 19 heavy (non-hydrogen) atoms. The van der Waals surface area contributed by atoms with Crippen molar-refractivity contribution in [3.05, 3.63) is 35.4 Å². The van der Waals surface area contributed by atoms with Crippen molar-refractivity contribution >= 4 is 11.9 Å². The third-order valence-corrected chi connectivity index (χ3v) is 3.45. The Bertz CT molecular complexity index is 459. The lowest BCUT2D eigenvalue weighted by Crippen LogP contribution is -2.19. The highest BCUT2D eigenvalue weighted by Crippen LogP contribution is 2.21. The molecule has 0 saturated heterocycles. The number of hydrogen-bond donors (Lipinski definition) is 1. The second-order valence-corrected chi connectivity index (χ2v) is 4.87. The SMILES string of the molecule is O=C(O)c1ccccc1C(=O)OC1CCCCCC1. The van der Waals surface area contributed by atoms with Crippen LogP contribution in [0.3, 0.4) is 0 Å². The van der Waals surface area contributed by atoms with Crippen LogP contribution in [0.15, 0.2) is 24.3 Å². The Kier molecular flexibility index (Phi) is 4.55. The van der Waals surface area contributed by atoms with Gasteiger partial charge in [0, 0.05) is 0 Å². The van der Waals surface area contributed by atoms with Gasteiger partial charge in [-0.2, -0.15) is 0 Å². The minimum absolute atomic E-state index is 0.00104. The number of benzene rings is 1. The van der Waals surface area contributed by atoms with Crippen LogP contribution in [0.5, 0.6) is 0 Å². The molecule has 4 nitrogen and oxygen atoms in total. The summed E-state index contributed by atoms with van der Waals surface area (Å²) in [6, 6.07) is 6.18. The highest BCUT2D eigenvalue weighted by Gasteiger charge is 2.21. The van der Waals surface area contributed by atoms with Gasteiger partial charge in [0.2, 0.25) is 0 Å². The number of esters is 1. The van der Waals surface area contributed by atoms with Gasteiger partial charge in [-0.15, -0.1) is 0 Å². The van der Waals surface area contributed by atoms with Gasteiger partial charge in [-0.25, -0.2) is 9.59 Å². The molecular formula is C15H18O4. The van der Waals surface area contributed by atoms with Crippen LogP contribution in [-0.4, -0.2) is 23.1 Å². The summed E-state index contributed by atoms with van der Waals surface area (Å²) in [5.41, 5.74) is 0.139. The Morgan fingerprint density at radius 1 is 1.00 bits per heavy atom. The van der Waals surface area contributed by atoms with E-state index in [1.54, 1.807) is 12.1 Å². The summed E-state index contributed by atoms with van der Waals surface area (Å²) in [6.07, 6.45) is 6.18. The van der Waals surface area contributed by atoms with Crippen molar-refractivity contribution in [2.24, 2.45) is 0 Å². The maximum Gasteiger partial charge on any atom is 0.339 e. The molecule has 1 aliphatic rings. The molecule has 1 aromatic rings. The molecule has 0 aromatic heterocycles. The minimum atomic E-state index is -1.10. The molecule has 4 heteroatoms. The van der Waals surface area contributed by atoms with Crippen LogP contribution < -0.4 is 0 Å². The fourth-order valence-electron chi connectivity index (χ4n) is 2.42. The Balaban J connectivity index is 2.09. The quantitative estimate of drug-likeness (QED) is 0.670. The Morgan fingerprint density at radius 3 is 2.16 bits per heavy atom. The van der Waals surface area contributed by atoms with Crippen LogP contribution in [0.2, 0.25) is 0 Å². The van der Waals surface area contributed by atoms with E-state index in [0.29, 0.717) is 0 Å². The summed E-state index contributed by atoms with van der Waals surface area (Å²) in [5.74, 6) is -1.63. The molecule has 1 saturated carbocycles. The summed E-state index contributed by atoms with van der Waals surface area (Å²) in [4.78, 5) is 23.1. The molecule has 2 rings (SSSR count). The van der Waals surface area contributed by atoms with E-state index in [1.807, 2.05) is 0 Å². The number of rotatable bonds is 3. The van der Waals surface area contributed by atoms with E-state index in [2.05, 4.69) is 0 Å². The zero-order valence-corrected chi connectivity index (χ0v) is 10.8. The maximum atomic E-state index is 12.1. The summed E-state index contributed by atoms with van der Waals surface area (Å²) < 4.78 is 5.45.